The molecule has 3 unspecified atom stereocenters. The van der Waals surface area contributed by atoms with Gasteiger partial charge in [-0.2, -0.15) is 0 Å². The number of rotatable bonds is 6. The Labute approximate surface area is 202 Å². The Kier molecular flexibility index (Phi) is 6.62. The average Bonchev–Trinajstić information content (AvgIpc) is 2.82. The van der Waals surface area contributed by atoms with E-state index in [1.165, 1.54) is 7.11 Å². The third-order valence-corrected chi connectivity index (χ3v) is 7.37. The van der Waals surface area contributed by atoms with Gasteiger partial charge in [-0.25, -0.2) is 0 Å². The number of carbonyl (C=O) groups is 2. The van der Waals surface area contributed by atoms with Crippen LogP contribution in [-0.2, 0) is 6.42 Å². The van der Waals surface area contributed by atoms with Gasteiger partial charge in [-0.05, 0) is 36.1 Å². The molecule has 3 nitrogen and oxygen atoms in total. The first-order valence-corrected chi connectivity index (χ1v) is 11.4. The lowest BCUT2D eigenvalue weighted by Gasteiger charge is -2.40. The molecule has 0 spiro atoms. The van der Waals surface area contributed by atoms with Crippen LogP contribution in [0.5, 0.6) is 5.75 Å². The zero-order valence-corrected chi connectivity index (χ0v) is 19.6. The Morgan fingerprint density at radius 3 is 2.41 bits per heavy atom. The number of methoxy groups -OCH3 is 1. The van der Waals surface area contributed by atoms with Gasteiger partial charge in [0.15, 0.2) is 11.6 Å². The van der Waals surface area contributed by atoms with Crippen molar-refractivity contribution >= 4 is 46.4 Å². The quantitative estimate of drug-likeness (QED) is 0.286. The lowest BCUT2D eigenvalue weighted by Crippen LogP contribution is -2.47. The van der Waals surface area contributed by atoms with Crippen molar-refractivity contribution in [1.82, 2.24) is 0 Å². The lowest BCUT2D eigenvalue weighted by molar-refractivity contribution is 0.0884. The molecule has 0 bridgehead atoms. The van der Waals surface area contributed by atoms with Gasteiger partial charge in [0.2, 0.25) is 0 Å². The second-order valence-corrected chi connectivity index (χ2v) is 9.40. The van der Waals surface area contributed by atoms with Crippen molar-refractivity contribution in [3.63, 3.8) is 0 Å². The van der Waals surface area contributed by atoms with Crippen LogP contribution in [-0.4, -0.2) is 28.9 Å². The highest BCUT2D eigenvalue weighted by Gasteiger charge is 2.51. The van der Waals surface area contributed by atoms with E-state index in [0.29, 0.717) is 40.3 Å². The SMILES string of the molecule is COc1ccc(C(C(Cl)C(=O)c2ccccc2)C2(Cl)CCc3ccccc3C2=O)cc1Cl. The molecule has 3 atom stereocenters. The van der Waals surface area contributed by atoms with E-state index in [-0.39, 0.29) is 11.6 Å². The van der Waals surface area contributed by atoms with Crippen molar-refractivity contribution in [3.05, 3.63) is 100 Å². The number of aryl methyl sites for hydroxylation is 1. The molecule has 0 saturated carbocycles. The molecule has 0 heterocycles. The van der Waals surface area contributed by atoms with Crippen LogP contribution >= 0.6 is 34.8 Å². The Morgan fingerprint density at radius 1 is 1.03 bits per heavy atom. The molecule has 3 aromatic carbocycles. The van der Waals surface area contributed by atoms with E-state index in [9.17, 15) is 9.59 Å². The van der Waals surface area contributed by atoms with E-state index in [1.807, 2.05) is 24.3 Å². The molecular weight excluding hydrogens is 467 g/mol. The minimum Gasteiger partial charge on any atom is -0.495 e. The predicted molar refractivity (Wildman–Crippen MR) is 129 cm³/mol. The Hall–Kier alpha value is -2.33. The van der Waals surface area contributed by atoms with E-state index >= 15 is 0 Å². The molecule has 0 saturated heterocycles. The second-order valence-electron chi connectivity index (χ2n) is 7.85. The van der Waals surface area contributed by atoms with E-state index in [1.54, 1.807) is 48.5 Å². The summed E-state index contributed by atoms with van der Waals surface area (Å²) in [6.45, 7) is 0. The molecule has 0 amide bonds. The van der Waals surface area contributed by atoms with E-state index in [4.69, 9.17) is 39.5 Å². The number of hydrogen-bond acceptors (Lipinski definition) is 3. The monoisotopic (exact) mass is 486 g/mol. The van der Waals surface area contributed by atoms with Crippen LogP contribution in [0, 0.1) is 0 Å². The Bertz CT molecular complexity index is 1160. The summed E-state index contributed by atoms with van der Waals surface area (Å²) in [4.78, 5) is 25.6. The first-order valence-electron chi connectivity index (χ1n) is 10.2. The van der Waals surface area contributed by atoms with Gasteiger partial charge in [0.25, 0.3) is 0 Å². The van der Waals surface area contributed by atoms with Gasteiger partial charge in [-0.15, -0.1) is 23.2 Å². The van der Waals surface area contributed by atoms with Crippen molar-refractivity contribution in [2.75, 3.05) is 7.11 Å². The third-order valence-electron chi connectivity index (χ3n) is 6.03. The van der Waals surface area contributed by atoms with Gasteiger partial charge >= 0.3 is 0 Å². The van der Waals surface area contributed by atoms with Crippen molar-refractivity contribution < 1.29 is 14.3 Å². The summed E-state index contributed by atoms with van der Waals surface area (Å²) in [5, 5.41) is -0.719. The van der Waals surface area contributed by atoms with Crippen molar-refractivity contribution in [1.29, 1.82) is 0 Å². The zero-order chi connectivity index (χ0) is 22.9. The van der Waals surface area contributed by atoms with Crippen LogP contribution in [0.1, 0.15) is 44.2 Å². The Balaban J connectivity index is 1.83. The first-order chi connectivity index (χ1) is 15.4. The van der Waals surface area contributed by atoms with Gasteiger partial charge < -0.3 is 4.74 Å². The fourth-order valence-corrected chi connectivity index (χ4v) is 5.63. The molecule has 0 aliphatic heterocycles. The summed E-state index contributed by atoms with van der Waals surface area (Å²) in [7, 11) is 1.52. The molecule has 1 aliphatic carbocycles. The molecule has 1 aliphatic rings. The fourth-order valence-electron chi connectivity index (χ4n) is 4.36. The van der Waals surface area contributed by atoms with Crippen LogP contribution in [0.25, 0.3) is 0 Å². The molecule has 6 heteroatoms. The molecule has 0 aromatic heterocycles. The zero-order valence-electron chi connectivity index (χ0n) is 17.4. The molecule has 4 rings (SSSR count). The topological polar surface area (TPSA) is 43.4 Å². The van der Waals surface area contributed by atoms with Gasteiger partial charge in [0, 0.05) is 17.0 Å². The molecule has 164 valence electrons. The summed E-state index contributed by atoms with van der Waals surface area (Å²) < 4.78 is 5.26. The highest BCUT2D eigenvalue weighted by molar-refractivity contribution is 6.42. The number of fused-ring (bicyclic) bond motifs is 1. The van der Waals surface area contributed by atoms with E-state index in [2.05, 4.69) is 0 Å². The first kappa shape index (κ1) is 22.8. The van der Waals surface area contributed by atoms with Gasteiger partial charge in [0.1, 0.15) is 16.0 Å². The van der Waals surface area contributed by atoms with Gasteiger partial charge in [0.05, 0.1) is 12.1 Å². The number of ketones is 2. The normalized spacial score (nSPS) is 19.7. The maximum atomic E-state index is 13.7. The minimum atomic E-state index is -1.40. The molecule has 0 fully saturated rings. The summed E-state index contributed by atoms with van der Waals surface area (Å²) >= 11 is 20.4. The highest BCUT2D eigenvalue weighted by Crippen LogP contribution is 2.48. The summed E-state index contributed by atoms with van der Waals surface area (Å²) in [5.41, 5.74) is 2.58. The molecule has 3 aromatic rings. The smallest absolute Gasteiger partial charge is 0.184 e. The number of carbonyl (C=O) groups excluding carboxylic acids is 2. The van der Waals surface area contributed by atoms with Crippen molar-refractivity contribution in [2.45, 2.75) is 29.0 Å². The molecule has 0 N–H and O–H groups in total. The van der Waals surface area contributed by atoms with E-state index < -0.39 is 16.2 Å². The van der Waals surface area contributed by atoms with Crippen LogP contribution in [0.3, 0.4) is 0 Å². The third kappa shape index (κ3) is 4.05. The Morgan fingerprint density at radius 2 is 1.72 bits per heavy atom. The number of ether oxygens (including phenoxy) is 1. The molecule has 0 radical (unpaired) electrons. The largest absolute Gasteiger partial charge is 0.495 e. The molecular formula is C26H21Cl3O3. The van der Waals surface area contributed by atoms with Crippen LogP contribution in [0.4, 0.5) is 0 Å². The second kappa shape index (κ2) is 9.27. The fraction of sp³-hybridized carbons (Fsp3) is 0.231. The number of halogens is 3. The van der Waals surface area contributed by atoms with E-state index in [0.717, 1.165) is 5.56 Å². The van der Waals surface area contributed by atoms with Gasteiger partial charge in [-0.1, -0.05) is 72.3 Å². The highest BCUT2D eigenvalue weighted by atomic mass is 35.5. The number of alkyl halides is 2. The maximum absolute atomic E-state index is 13.7. The van der Waals surface area contributed by atoms with Gasteiger partial charge in [-0.3, -0.25) is 9.59 Å². The predicted octanol–water partition coefficient (Wildman–Crippen LogP) is 6.73. The summed E-state index contributed by atoms with van der Waals surface area (Å²) in [6.07, 6.45) is 0.957. The van der Waals surface area contributed by atoms with Crippen LogP contribution in [0.15, 0.2) is 72.8 Å². The summed E-state index contributed by atoms with van der Waals surface area (Å²) in [5.74, 6) is -0.846. The standard InChI is InChI=1S/C26H21Cl3O3/c1-32-21-12-11-18(15-20(21)27)22(23(28)24(30)17-8-3-2-4-9-17)26(29)14-13-16-7-5-6-10-19(16)25(26)31/h2-12,15,22-23H,13-14H2,1H3. The summed E-state index contributed by atoms with van der Waals surface area (Å²) in [6, 6.07) is 21.3. The van der Waals surface area contributed by atoms with Crippen molar-refractivity contribution in [3.8, 4) is 5.75 Å². The van der Waals surface area contributed by atoms with Crippen molar-refractivity contribution in [2.24, 2.45) is 0 Å². The number of Topliss-reactive ketones (excluding diaryl/α,β-unsaturated/α-hetero) is 2. The molecule has 32 heavy (non-hydrogen) atoms. The number of hydrogen-bond donors (Lipinski definition) is 0. The van der Waals surface area contributed by atoms with Crippen LogP contribution < -0.4 is 4.74 Å². The van der Waals surface area contributed by atoms with Crippen LogP contribution in [0.2, 0.25) is 5.02 Å². The maximum Gasteiger partial charge on any atom is 0.184 e. The average molecular weight is 488 g/mol. The minimum absolute atomic E-state index is 0.232. The lowest BCUT2D eigenvalue weighted by atomic mass is 9.70. The number of benzene rings is 3.